The van der Waals surface area contributed by atoms with E-state index in [-0.39, 0.29) is 12.1 Å². The van der Waals surface area contributed by atoms with Gasteiger partial charge in [-0.15, -0.1) is 0 Å². The number of imide groups is 1. The largest absolute Gasteiger partial charge is 0.340 e. The molecule has 29 heavy (non-hydrogen) atoms. The van der Waals surface area contributed by atoms with E-state index >= 15 is 0 Å². The molecule has 152 valence electrons. The van der Waals surface area contributed by atoms with E-state index < -0.39 is 47.4 Å². The van der Waals surface area contributed by atoms with Crippen molar-refractivity contribution < 1.29 is 27.6 Å². The highest BCUT2D eigenvalue weighted by Crippen LogP contribution is 2.31. The van der Waals surface area contributed by atoms with Crippen LogP contribution in [0.1, 0.15) is 18.1 Å². The smallest absolute Gasteiger partial charge is 0.325 e. The van der Waals surface area contributed by atoms with Gasteiger partial charge in [0, 0.05) is 19.2 Å². The zero-order valence-corrected chi connectivity index (χ0v) is 15.7. The number of halogens is 3. The van der Waals surface area contributed by atoms with Crippen LogP contribution in [0, 0.1) is 17.5 Å². The third-order valence-electron chi connectivity index (χ3n) is 4.79. The number of amides is 4. The molecule has 3 rings (SSSR count). The maximum atomic E-state index is 14.2. The van der Waals surface area contributed by atoms with Crippen LogP contribution in [-0.4, -0.2) is 41.2 Å². The summed E-state index contributed by atoms with van der Waals surface area (Å²) in [5.41, 5.74) is -1.50. The van der Waals surface area contributed by atoms with Crippen molar-refractivity contribution in [2.75, 3.05) is 13.6 Å². The summed E-state index contributed by atoms with van der Waals surface area (Å²) < 4.78 is 40.7. The summed E-state index contributed by atoms with van der Waals surface area (Å²) in [4.78, 5) is 39.5. The molecule has 1 unspecified atom stereocenters. The summed E-state index contributed by atoms with van der Waals surface area (Å²) in [6, 6.07) is 7.24. The number of urea groups is 1. The number of hydrogen-bond acceptors (Lipinski definition) is 3. The fourth-order valence-corrected chi connectivity index (χ4v) is 3.11. The van der Waals surface area contributed by atoms with E-state index in [1.807, 2.05) is 0 Å². The van der Waals surface area contributed by atoms with Crippen molar-refractivity contribution in [3.63, 3.8) is 0 Å². The van der Waals surface area contributed by atoms with Gasteiger partial charge in [0.1, 0.15) is 29.5 Å². The second-order valence-electron chi connectivity index (χ2n) is 6.95. The second-order valence-corrected chi connectivity index (χ2v) is 6.95. The van der Waals surface area contributed by atoms with Crippen molar-refractivity contribution in [2.24, 2.45) is 0 Å². The van der Waals surface area contributed by atoms with Gasteiger partial charge in [-0.3, -0.25) is 14.5 Å². The first-order valence-corrected chi connectivity index (χ1v) is 8.70. The molecule has 0 radical (unpaired) electrons. The van der Waals surface area contributed by atoms with E-state index in [2.05, 4.69) is 5.32 Å². The fourth-order valence-electron chi connectivity index (χ4n) is 3.11. The Morgan fingerprint density at radius 2 is 1.69 bits per heavy atom. The third kappa shape index (κ3) is 3.94. The quantitative estimate of drug-likeness (QED) is 0.778. The molecule has 0 saturated carbocycles. The topological polar surface area (TPSA) is 69.7 Å². The van der Waals surface area contributed by atoms with Gasteiger partial charge in [0.25, 0.3) is 5.91 Å². The number of nitrogens with zero attached hydrogens (tertiary/aromatic N) is 2. The minimum absolute atomic E-state index is 0.137. The molecular formula is C20H18F3N3O3. The van der Waals surface area contributed by atoms with Crippen molar-refractivity contribution in [3.8, 4) is 0 Å². The van der Waals surface area contributed by atoms with E-state index in [4.69, 9.17) is 0 Å². The Morgan fingerprint density at radius 1 is 1.07 bits per heavy atom. The number of carbonyl (C=O) groups is 3. The van der Waals surface area contributed by atoms with Gasteiger partial charge >= 0.3 is 6.03 Å². The molecule has 2 aromatic carbocycles. The van der Waals surface area contributed by atoms with Crippen molar-refractivity contribution in [3.05, 3.63) is 71.0 Å². The van der Waals surface area contributed by atoms with Crippen LogP contribution in [0.3, 0.4) is 0 Å². The van der Waals surface area contributed by atoms with Crippen LogP contribution in [0.15, 0.2) is 42.5 Å². The highest BCUT2D eigenvalue weighted by Gasteiger charge is 2.51. The van der Waals surface area contributed by atoms with Crippen LogP contribution in [-0.2, 0) is 21.7 Å². The zero-order chi connectivity index (χ0) is 21.3. The van der Waals surface area contributed by atoms with Crippen molar-refractivity contribution in [2.45, 2.75) is 19.0 Å². The van der Waals surface area contributed by atoms with Gasteiger partial charge in [0.15, 0.2) is 0 Å². The Labute approximate surface area is 164 Å². The highest BCUT2D eigenvalue weighted by atomic mass is 19.1. The average Bonchev–Trinajstić information content (AvgIpc) is 2.89. The van der Waals surface area contributed by atoms with E-state index in [1.54, 1.807) is 0 Å². The maximum absolute atomic E-state index is 14.2. The normalized spacial score (nSPS) is 18.7. The highest BCUT2D eigenvalue weighted by molar-refractivity contribution is 6.09. The van der Waals surface area contributed by atoms with Gasteiger partial charge in [0.05, 0.1) is 0 Å². The number of benzene rings is 2. The molecule has 1 saturated heterocycles. The van der Waals surface area contributed by atoms with Gasteiger partial charge in [-0.05, 0) is 42.8 Å². The Morgan fingerprint density at radius 3 is 2.34 bits per heavy atom. The molecule has 0 aliphatic carbocycles. The van der Waals surface area contributed by atoms with Crippen LogP contribution in [0.5, 0.6) is 0 Å². The minimum atomic E-state index is -1.83. The molecule has 0 spiro atoms. The molecule has 4 amide bonds. The first-order valence-electron chi connectivity index (χ1n) is 8.70. The molecule has 1 aliphatic heterocycles. The van der Waals surface area contributed by atoms with Gasteiger partial charge < -0.3 is 10.2 Å². The molecule has 1 fully saturated rings. The molecule has 9 heteroatoms. The predicted octanol–water partition coefficient (Wildman–Crippen LogP) is 2.53. The van der Waals surface area contributed by atoms with Gasteiger partial charge in [0.2, 0.25) is 5.91 Å². The second kappa shape index (κ2) is 7.57. The van der Waals surface area contributed by atoms with Crippen molar-refractivity contribution in [1.82, 2.24) is 15.1 Å². The summed E-state index contributed by atoms with van der Waals surface area (Å²) in [5.74, 6) is -3.45. The number of nitrogens with one attached hydrogen (secondary N) is 1. The standard InChI is InChI=1S/C20H18F3N3O3/c1-20(15-9-14(22)7-8-16(15)23)18(28)26(19(29)24-20)11-17(27)25(2)10-12-3-5-13(21)6-4-12/h3-9H,10-11H2,1-2H3,(H,24,29). The Kier molecular flexibility index (Phi) is 5.32. The zero-order valence-electron chi connectivity index (χ0n) is 15.7. The van der Waals surface area contributed by atoms with Gasteiger partial charge in [-0.2, -0.15) is 0 Å². The number of hydrogen-bond donors (Lipinski definition) is 1. The van der Waals surface area contributed by atoms with Crippen LogP contribution in [0.2, 0.25) is 0 Å². The molecule has 1 aliphatic rings. The van der Waals surface area contributed by atoms with Crippen molar-refractivity contribution in [1.29, 1.82) is 0 Å². The lowest BCUT2D eigenvalue weighted by atomic mass is 9.91. The van der Waals surface area contributed by atoms with E-state index in [0.717, 1.165) is 18.2 Å². The first-order chi connectivity index (χ1) is 13.6. The molecule has 2 aromatic rings. The Balaban J connectivity index is 1.75. The number of carbonyl (C=O) groups excluding carboxylic acids is 3. The van der Waals surface area contributed by atoms with Crippen LogP contribution < -0.4 is 5.32 Å². The summed E-state index contributed by atoms with van der Waals surface area (Å²) in [5, 5.41) is 2.33. The molecule has 0 bridgehead atoms. The Hall–Kier alpha value is -3.36. The lowest BCUT2D eigenvalue weighted by Crippen LogP contribution is -2.44. The van der Waals surface area contributed by atoms with Crippen LogP contribution in [0.25, 0.3) is 0 Å². The summed E-state index contributed by atoms with van der Waals surface area (Å²) in [7, 11) is 1.47. The monoisotopic (exact) mass is 405 g/mol. The van der Waals surface area contributed by atoms with E-state index in [0.29, 0.717) is 10.5 Å². The van der Waals surface area contributed by atoms with Gasteiger partial charge in [-0.25, -0.2) is 18.0 Å². The predicted molar refractivity (Wildman–Crippen MR) is 96.8 cm³/mol. The molecule has 6 nitrogen and oxygen atoms in total. The maximum Gasteiger partial charge on any atom is 0.325 e. The first kappa shape index (κ1) is 20.4. The lowest BCUT2D eigenvalue weighted by Gasteiger charge is -2.23. The molecular weight excluding hydrogens is 387 g/mol. The molecule has 0 aromatic heterocycles. The van der Waals surface area contributed by atoms with E-state index in [9.17, 15) is 27.6 Å². The van der Waals surface area contributed by atoms with Crippen LogP contribution >= 0.6 is 0 Å². The number of likely N-dealkylation sites (N-methyl/N-ethyl adjacent to an activating group) is 1. The molecule has 1 heterocycles. The molecule has 1 N–H and O–H groups in total. The SMILES string of the molecule is CN(Cc1ccc(F)cc1)C(=O)CN1C(=O)NC(C)(c2cc(F)ccc2F)C1=O. The summed E-state index contributed by atoms with van der Waals surface area (Å²) in [6.45, 7) is 0.811. The summed E-state index contributed by atoms with van der Waals surface area (Å²) in [6.07, 6.45) is 0. The molecule has 1 atom stereocenters. The third-order valence-corrected chi connectivity index (χ3v) is 4.79. The summed E-state index contributed by atoms with van der Waals surface area (Å²) >= 11 is 0. The Bertz CT molecular complexity index is 981. The van der Waals surface area contributed by atoms with Crippen LogP contribution in [0.4, 0.5) is 18.0 Å². The minimum Gasteiger partial charge on any atom is -0.340 e. The van der Waals surface area contributed by atoms with Gasteiger partial charge in [-0.1, -0.05) is 12.1 Å². The fraction of sp³-hybridized carbons (Fsp3) is 0.250. The van der Waals surface area contributed by atoms with Crippen molar-refractivity contribution >= 4 is 17.8 Å². The lowest BCUT2D eigenvalue weighted by molar-refractivity contribution is -0.138. The average molecular weight is 405 g/mol. The number of rotatable bonds is 5. The van der Waals surface area contributed by atoms with E-state index in [1.165, 1.54) is 43.1 Å².